The van der Waals surface area contributed by atoms with E-state index in [9.17, 15) is 43.2 Å². The minimum Gasteiger partial charge on any atom is -0.462 e. The molecule has 6 atom stereocenters. The number of unbranched alkanes of at least 4 members (excludes halogenated alkanes) is 38. The minimum atomic E-state index is -4.95. The zero-order valence-electron chi connectivity index (χ0n) is 57.7. The van der Waals surface area contributed by atoms with Crippen LogP contribution in [0, 0.1) is 11.8 Å². The SMILES string of the molecule is CCCCCCCCCCCCCCCCCC(=O)O[C@H](COC(=O)CCCCCCCCCCCC(C)C)COP(=O)(O)OC[C@@H](O)COP(=O)(O)OC[C@@H](COC(=O)CCCCCCCCCCCC)OC(=O)CCCCCCCCCCC(C)CC. The van der Waals surface area contributed by atoms with Gasteiger partial charge in [0.05, 0.1) is 26.4 Å². The Bertz CT molecular complexity index is 1740. The van der Waals surface area contributed by atoms with Gasteiger partial charge in [-0.3, -0.25) is 37.3 Å². The van der Waals surface area contributed by atoms with Crippen LogP contribution in [0.5, 0.6) is 0 Å². The third kappa shape index (κ3) is 63.2. The number of aliphatic hydroxyl groups is 1. The van der Waals surface area contributed by atoms with Crippen LogP contribution in [0.2, 0.25) is 0 Å². The maximum Gasteiger partial charge on any atom is 0.472 e. The number of esters is 4. The Morgan fingerprint density at radius 1 is 0.326 bits per heavy atom. The highest BCUT2D eigenvalue weighted by molar-refractivity contribution is 7.47. The number of carbonyl (C=O) groups is 4. The van der Waals surface area contributed by atoms with Gasteiger partial charge in [0, 0.05) is 25.7 Å². The number of ether oxygens (including phenoxy) is 4. The van der Waals surface area contributed by atoms with Crippen molar-refractivity contribution < 1.29 is 80.2 Å². The highest BCUT2D eigenvalue weighted by atomic mass is 31.2. The van der Waals surface area contributed by atoms with Crippen LogP contribution >= 0.6 is 15.6 Å². The van der Waals surface area contributed by atoms with Gasteiger partial charge in [-0.15, -0.1) is 0 Å². The molecule has 0 fully saturated rings. The van der Waals surface area contributed by atoms with Crippen LogP contribution in [-0.2, 0) is 65.4 Å². The standard InChI is InChI=1S/C70H136O17P2/c1-7-10-12-14-16-18-20-21-22-23-24-28-36-42-48-54-69(74)86-65(58-81-68(73)53-47-41-35-29-25-26-32-38-44-50-62(4)5)60-84-88(76,77)82-56-64(71)57-83-89(78,79)85-61-66(59-80-67(72)52-46-40-34-27-19-17-15-13-11-8-2)87-70(75)55-49-43-37-31-30-33-39-45-51-63(6)9-3/h62-66,71H,7-61H2,1-6H3,(H,76,77)(H,78,79)/t63?,64-,65-,66-/m1/s1. The molecule has 3 N–H and O–H groups in total. The summed E-state index contributed by atoms with van der Waals surface area (Å²) >= 11 is 0. The van der Waals surface area contributed by atoms with E-state index in [1.807, 2.05) is 0 Å². The molecule has 0 amide bonds. The second-order valence-electron chi connectivity index (χ2n) is 26.0. The molecule has 0 aliphatic rings. The van der Waals surface area contributed by atoms with Gasteiger partial charge < -0.3 is 33.8 Å². The van der Waals surface area contributed by atoms with Gasteiger partial charge in [-0.2, -0.15) is 0 Å². The first-order valence-corrected chi connectivity index (χ1v) is 39.5. The first-order valence-electron chi connectivity index (χ1n) is 36.5. The molecule has 3 unspecified atom stereocenters. The highest BCUT2D eigenvalue weighted by Crippen LogP contribution is 2.45. The molecule has 0 saturated heterocycles. The van der Waals surface area contributed by atoms with E-state index in [1.165, 1.54) is 173 Å². The third-order valence-electron chi connectivity index (χ3n) is 16.6. The summed E-state index contributed by atoms with van der Waals surface area (Å²) in [5, 5.41) is 10.6. The molecule has 0 aliphatic carbocycles. The van der Waals surface area contributed by atoms with E-state index in [-0.39, 0.29) is 25.7 Å². The van der Waals surface area contributed by atoms with Crippen molar-refractivity contribution in [3.63, 3.8) is 0 Å². The number of aliphatic hydroxyl groups excluding tert-OH is 1. The number of phosphoric acid groups is 2. The summed E-state index contributed by atoms with van der Waals surface area (Å²) in [6, 6.07) is 0. The van der Waals surface area contributed by atoms with E-state index < -0.39 is 97.5 Å². The lowest BCUT2D eigenvalue weighted by atomic mass is 9.99. The molecule has 0 aromatic heterocycles. The Morgan fingerprint density at radius 2 is 0.573 bits per heavy atom. The van der Waals surface area contributed by atoms with Crippen LogP contribution in [-0.4, -0.2) is 96.7 Å². The van der Waals surface area contributed by atoms with Crippen LogP contribution in [0.3, 0.4) is 0 Å². The van der Waals surface area contributed by atoms with Crippen LogP contribution in [0.1, 0.15) is 356 Å². The van der Waals surface area contributed by atoms with Gasteiger partial charge in [0.2, 0.25) is 0 Å². The number of carbonyl (C=O) groups excluding carboxylic acids is 4. The smallest absolute Gasteiger partial charge is 0.462 e. The van der Waals surface area contributed by atoms with Crippen molar-refractivity contribution in [3.8, 4) is 0 Å². The predicted molar refractivity (Wildman–Crippen MR) is 358 cm³/mol. The molecule has 0 bridgehead atoms. The van der Waals surface area contributed by atoms with E-state index in [1.54, 1.807) is 0 Å². The molecule has 0 aliphatic heterocycles. The molecule has 0 radical (unpaired) electrons. The molecule has 0 rings (SSSR count). The van der Waals surface area contributed by atoms with Crippen LogP contribution in [0.15, 0.2) is 0 Å². The number of rotatable bonds is 69. The maximum atomic E-state index is 13.0. The molecule has 0 aromatic carbocycles. The molecule has 89 heavy (non-hydrogen) atoms. The lowest BCUT2D eigenvalue weighted by molar-refractivity contribution is -0.161. The molecule has 0 aromatic rings. The maximum absolute atomic E-state index is 13.0. The Balaban J connectivity index is 5.25. The number of phosphoric ester groups is 2. The van der Waals surface area contributed by atoms with Crippen molar-refractivity contribution in [1.29, 1.82) is 0 Å². The van der Waals surface area contributed by atoms with Crippen molar-refractivity contribution in [2.75, 3.05) is 39.6 Å². The first-order chi connectivity index (χ1) is 42.9. The predicted octanol–water partition coefficient (Wildman–Crippen LogP) is 20.0. The molecule has 19 heteroatoms. The number of hydrogen-bond donors (Lipinski definition) is 3. The monoisotopic (exact) mass is 1310 g/mol. The van der Waals surface area contributed by atoms with E-state index >= 15 is 0 Å². The largest absolute Gasteiger partial charge is 0.472 e. The minimum absolute atomic E-state index is 0.105. The fourth-order valence-corrected chi connectivity index (χ4v) is 12.1. The Labute approximate surface area is 543 Å². The molecule has 0 heterocycles. The summed E-state index contributed by atoms with van der Waals surface area (Å²) in [6.45, 7) is 9.52. The van der Waals surface area contributed by atoms with Crippen LogP contribution in [0.25, 0.3) is 0 Å². The molecule has 528 valence electrons. The lowest BCUT2D eigenvalue weighted by Gasteiger charge is -2.21. The summed E-state index contributed by atoms with van der Waals surface area (Å²) in [6.07, 6.45) is 47.0. The van der Waals surface area contributed by atoms with Crippen molar-refractivity contribution in [3.05, 3.63) is 0 Å². The fraction of sp³-hybridized carbons (Fsp3) is 0.943. The zero-order chi connectivity index (χ0) is 65.7. The van der Waals surface area contributed by atoms with Gasteiger partial charge in [0.15, 0.2) is 12.2 Å². The first kappa shape index (κ1) is 87.1. The third-order valence-corrected chi connectivity index (χ3v) is 18.5. The molecular formula is C70H136O17P2. The topological polar surface area (TPSA) is 237 Å². The van der Waals surface area contributed by atoms with Crippen molar-refractivity contribution in [1.82, 2.24) is 0 Å². The van der Waals surface area contributed by atoms with Gasteiger partial charge in [-0.05, 0) is 37.5 Å². The summed E-state index contributed by atoms with van der Waals surface area (Å²) in [5.74, 6) is -0.611. The van der Waals surface area contributed by atoms with Crippen molar-refractivity contribution in [2.45, 2.75) is 374 Å². The van der Waals surface area contributed by atoms with E-state index in [2.05, 4.69) is 41.5 Å². The van der Waals surface area contributed by atoms with E-state index in [0.717, 1.165) is 102 Å². The Hall–Kier alpha value is -1.94. The highest BCUT2D eigenvalue weighted by Gasteiger charge is 2.30. The van der Waals surface area contributed by atoms with Crippen LogP contribution in [0.4, 0.5) is 0 Å². The average Bonchev–Trinajstić information content (AvgIpc) is 3.53. The summed E-state index contributed by atoms with van der Waals surface area (Å²) < 4.78 is 68.3. The molecular weight excluding hydrogens is 1170 g/mol. The molecule has 0 spiro atoms. The van der Waals surface area contributed by atoms with Gasteiger partial charge in [0.1, 0.15) is 19.3 Å². The van der Waals surface area contributed by atoms with Gasteiger partial charge in [-0.1, -0.05) is 305 Å². The fourth-order valence-electron chi connectivity index (χ4n) is 10.6. The van der Waals surface area contributed by atoms with Gasteiger partial charge >= 0.3 is 39.5 Å². The molecule has 17 nitrogen and oxygen atoms in total. The number of hydrogen-bond acceptors (Lipinski definition) is 15. The van der Waals surface area contributed by atoms with Crippen molar-refractivity contribution in [2.24, 2.45) is 11.8 Å². The normalized spacial score (nSPS) is 14.4. The van der Waals surface area contributed by atoms with Crippen LogP contribution < -0.4 is 0 Å². The Morgan fingerprint density at radius 3 is 0.854 bits per heavy atom. The van der Waals surface area contributed by atoms with Gasteiger partial charge in [-0.25, -0.2) is 9.13 Å². The average molecular weight is 1310 g/mol. The summed E-state index contributed by atoms with van der Waals surface area (Å²) in [5.41, 5.74) is 0. The second kappa shape index (κ2) is 62.2. The Kier molecular flexibility index (Phi) is 60.8. The second-order valence-corrected chi connectivity index (χ2v) is 28.9. The van der Waals surface area contributed by atoms with E-state index in [0.29, 0.717) is 25.7 Å². The van der Waals surface area contributed by atoms with E-state index in [4.69, 9.17) is 37.0 Å². The quantitative estimate of drug-likeness (QED) is 0.0222. The molecule has 0 saturated carbocycles. The zero-order valence-corrected chi connectivity index (χ0v) is 59.5. The van der Waals surface area contributed by atoms with Gasteiger partial charge in [0.25, 0.3) is 0 Å². The van der Waals surface area contributed by atoms with Crippen molar-refractivity contribution >= 4 is 39.5 Å². The summed E-state index contributed by atoms with van der Waals surface area (Å²) in [7, 11) is -9.90. The summed E-state index contributed by atoms with van der Waals surface area (Å²) in [4.78, 5) is 72.5. The lowest BCUT2D eigenvalue weighted by Crippen LogP contribution is -2.30.